The Balaban J connectivity index is 1.79. The van der Waals surface area contributed by atoms with Gasteiger partial charge in [0.1, 0.15) is 0 Å². The molecular weight excluding hydrogens is 360 g/mol. The molecule has 0 unspecified atom stereocenters. The summed E-state index contributed by atoms with van der Waals surface area (Å²) in [4.78, 5) is 30.8. The van der Waals surface area contributed by atoms with E-state index in [0.29, 0.717) is 11.1 Å². The molecule has 1 N–H and O–H groups in total. The number of para-hydroxylation sites is 1. The maximum Gasteiger partial charge on any atom is 0.258 e. The lowest BCUT2D eigenvalue weighted by Gasteiger charge is -2.24. The molecule has 144 valence electrons. The van der Waals surface area contributed by atoms with Gasteiger partial charge in [-0.05, 0) is 60.7 Å². The number of aromatic amines is 1. The fourth-order valence-electron chi connectivity index (χ4n) is 3.49. The number of hydrogen-bond acceptors (Lipinski definition) is 2. The van der Waals surface area contributed by atoms with E-state index in [2.05, 4.69) is 4.98 Å². The van der Waals surface area contributed by atoms with Crippen molar-refractivity contribution in [3.8, 4) is 0 Å². The Morgan fingerprint density at radius 3 is 2.38 bits per heavy atom. The molecule has 1 aromatic heterocycles. The van der Waals surface area contributed by atoms with Crippen LogP contribution in [0.25, 0.3) is 10.9 Å². The molecule has 0 radical (unpaired) electrons. The van der Waals surface area contributed by atoms with Crippen LogP contribution in [0.15, 0.2) is 83.7 Å². The van der Waals surface area contributed by atoms with E-state index in [1.54, 1.807) is 4.90 Å². The first-order chi connectivity index (χ1) is 14.0. The highest BCUT2D eigenvalue weighted by atomic mass is 16.2. The zero-order valence-corrected chi connectivity index (χ0v) is 16.5. The molecule has 4 rings (SSSR count). The molecule has 0 atom stereocenters. The van der Waals surface area contributed by atoms with Gasteiger partial charge in [-0.15, -0.1) is 0 Å². The van der Waals surface area contributed by atoms with Gasteiger partial charge in [-0.25, -0.2) is 0 Å². The van der Waals surface area contributed by atoms with Crippen molar-refractivity contribution in [3.05, 3.63) is 111 Å². The normalized spacial score (nSPS) is 10.8. The first kappa shape index (κ1) is 18.7. The minimum absolute atomic E-state index is 0.127. The number of pyridine rings is 1. The molecule has 4 heteroatoms. The van der Waals surface area contributed by atoms with Crippen molar-refractivity contribution >= 4 is 22.5 Å². The second-order valence-electron chi connectivity index (χ2n) is 7.26. The summed E-state index contributed by atoms with van der Waals surface area (Å²) in [5, 5.41) is 0.946. The molecular formula is C25H22N2O2. The molecule has 0 aliphatic carbocycles. The topological polar surface area (TPSA) is 53.2 Å². The minimum Gasteiger partial charge on any atom is -0.322 e. The van der Waals surface area contributed by atoms with E-state index in [0.717, 1.165) is 27.7 Å². The number of nitrogens with zero attached hydrogens (tertiary/aromatic N) is 1. The van der Waals surface area contributed by atoms with E-state index >= 15 is 0 Å². The Labute approximate surface area is 169 Å². The van der Waals surface area contributed by atoms with E-state index < -0.39 is 0 Å². The number of nitrogens with one attached hydrogen (secondary N) is 1. The number of carbonyl (C=O) groups is 1. The van der Waals surface area contributed by atoms with Crippen LogP contribution in [-0.2, 0) is 6.54 Å². The molecule has 0 saturated carbocycles. The lowest BCUT2D eigenvalue weighted by molar-refractivity contribution is 0.0984. The Kier molecular flexibility index (Phi) is 5.00. The molecule has 0 spiro atoms. The molecule has 0 fully saturated rings. The van der Waals surface area contributed by atoms with Crippen molar-refractivity contribution in [2.45, 2.75) is 20.4 Å². The van der Waals surface area contributed by atoms with Crippen LogP contribution in [0.1, 0.15) is 27.0 Å². The van der Waals surface area contributed by atoms with Gasteiger partial charge < -0.3 is 9.88 Å². The van der Waals surface area contributed by atoms with Gasteiger partial charge in [0.05, 0.1) is 6.54 Å². The van der Waals surface area contributed by atoms with Crippen molar-refractivity contribution in [1.29, 1.82) is 0 Å². The quantitative estimate of drug-likeness (QED) is 0.540. The van der Waals surface area contributed by atoms with Crippen molar-refractivity contribution in [2.24, 2.45) is 0 Å². The first-order valence-corrected chi connectivity index (χ1v) is 9.58. The molecule has 0 bridgehead atoms. The number of amides is 1. The molecule has 1 heterocycles. The summed E-state index contributed by atoms with van der Waals surface area (Å²) in [6, 6.07) is 24.8. The largest absolute Gasteiger partial charge is 0.322 e. The van der Waals surface area contributed by atoms with E-state index in [1.165, 1.54) is 0 Å². The van der Waals surface area contributed by atoms with Gasteiger partial charge in [-0.1, -0.05) is 48.5 Å². The number of aromatic nitrogens is 1. The number of hydrogen-bond donors (Lipinski definition) is 1. The second kappa shape index (κ2) is 7.76. The molecule has 0 aliphatic heterocycles. The van der Waals surface area contributed by atoms with Gasteiger partial charge in [0.15, 0.2) is 0 Å². The second-order valence-corrected chi connectivity index (χ2v) is 7.26. The van der Waals surface area contributed by atoms with Gasteiger partial charge in [0.25, 0.3) is 11.5 Å². The highest BCUT2D eigenvalue weighted by Crippen LogP contribution is 2.22. The summed E-state index contributed by atoms with van der Waals surface area (Å²) in [5.41, 5.74) is 4.54. The average molecular weight is 382 g/mol. The highest BCUT2D eigenvalue weighted by Gasteiger charge is 2.21. The van der Waals surface area contributed by atoms with Gasteiger partial charge in [-0.3, -0.25) is 9.59 Å². The number of anilines is 1. The Morgan fingerprint density at radius 1 is 0.897 bits per heavy atom. The van der Waals surface area contributed by atoms with Crippen molar-refractivity contribution in [3.63, 3.8) is 0 Å². The first-order valence-electron chi connectivity index (χ1n) is 9.58. The number of aryl methyl sites for hydroxylation is 2. The van der Waals surface area contributed by atoms with Gasteiger partial charge in [0, 0.05) is 22.3 Å². The fourth-order valence-corrected chi connectivity index (χ4v) is 3.49. The molecule has 3 aromatic carbocycles. The summed E-state index contributed by atoms with van der Waals surface area (Å²) in [5.74, 6) is -0.127. The smallest absolute Gasteiger partial charge is 0.258 e. The monoisotopic (exact) mass is 382 g/mol. The van der Waals surface area contributed by atoms with Crippen LogP contribution in [0.2, 0.25) is 0 Å². The summed E-state index contributed by atoms with van der Waals surface area (Å²) in [6.45, 7) is 4.10. The van der Waals surface area contributed by atoms with Crippen LogP contribution in [0.4, 0.5) is 5.69 Å². The molecule has 0 saturated heterocycles. The standard InChI is InChI=1S/C25H22N2O2/c1-17-12-13-19-15-20(24(28)26-23(19)14-17)16-27(21-9-4-3-5-10-21)25(29)22-11-7-6-8-18(22)2/h3-15H,16H2,1-2H3,(H,26,28). The van der Waals surface area contributed by atoms with Gasteiger partial charge >= 0.3 is 0 Å². The zero-order valence-electron chi connectivity index (χ0n) is 16.5. The summed E-state index contributed by atoms with van der Waals surface area (Å²) in [7, 11) is 0. The lowest BCUT2D eigenvalue weighted by Crippen LogP contribution is -2.33. The Bertz CT molecular complexity index is 1240. The maximum atomic E-state index is 13.4. The predicted octanol–water partition coefficient (Wildman–Crippen LogP) is 4.99. The van der Waals surface area contributed by atoms with Gasteiger partial charge in [0.2, 0.25) is 0 Å². The number of fused-ring (bicyclic) bond motifs is 1. The van der Waals surface area contributed by atoms with Crippen molar-refractivity contribution in [2.75, 3.05) is 4.90 Å². The van der Waals surface area contributed by atoms with E-state index in [1.807, 2.05) is 92.7 Å². The third-order valence-corrected chi connectivity index (χ3v) is 5.10. The Hall–Kier alpha value is -3.66. The van der Waals surface area contributed by atoms with E-state index in [-0.39, 0.29) is 18.0 Å². The van der Waals surface area contributed by atoms with E-state index in [9.17, 15) is 9.59 Å². The lowest BCUT2D eigenvalue weighted by atomic mass is 10.1. The van der Waals surface area contributed by atoms with Crippen molar-refractivity contribution in [1.82, 2.24) is 4.98 Å². The average Bonchev–Trinajstić information content (AvgIpc) is 2.73. The summed E-state index contributed by atoms with van der Waals surface area (Å²) in [6.07, 6.45) is 0. The molecule has 4 nitrogen and oxygen atoms in total. The van der Waals surface area contributed by atoms with Crippen LogP contribution in [-0.4, -0.2) is 10.9 Å². The van der Waals surface area contributed by atoms with Gasteiger partial charge in [-0.2, -0.15) is 0 Å². The van der Waals surface area contributed by atoms with Crippen LogP contribution < -0.4 is 10.5 Å². The van der Waals surface area contributed by atoms with Crippen LogP contribution in [0.5, 0.6) is 0 Å². The van der Waals surface area contributed by atoms with Crippen LogP contribution in [0, 0.1) is 13.8 Å². The number of H-pyrrole nitrogens is 1. The SMILES string of the molecule is Cc1ccc2cc(CN(C(=O)c3ccccc3C)c3ccccc3)c(=O)[nH]c2c1. The maximum absolute atomic E-state index is 13.4. The molecule has 29 heavy (non-hydrogen) atoms. The molecule has 4 aromatic rings. The van der Waals surface area contributed by atoms with Crippen LogP contribution >= 0.6 is 0 Å². The third kappa shape index (κ3) is 3.83. The number of rotatable bonds is 4. The predicted molar refractivity (Wildman–Crippen MR) is 117 cm³/mol. The number of carbonyl (C=O) groups excluding carboxylic acids is 1. The summed E-state index contributed by atoms with van der Waals surface area (Å²) < 4.78 is 0. The number of benzene rings is 3. The highest BCUT2D eigenvalue weighted by molar-refractivity contribution is 6.07. The third-order valence-electron chi connectivity index (χ3n) is 5.10. The zero-order chi connectivity index (χ0) is 20.4. The van der Waals surface area contributed by atoms with Crippen LogP contribution in [0.3, 0.4) is 0 Å². The van der Waals surface area contributed by atoms with E-state index in [4.69, 9.17) is 0 Å². The summed E-state index contributed by atoms with van der Waals surface area (Å²) >= 11 is 0. The molecule has 1 amide bonds. The molecule has 0 aliphatic rings. The fraction of sp³-hybridized carbons (Fsp3) is 0.120. The Morgan fingerprint density at radius 2 is 1.62 bits per heavy atom. The van der Waals surface area contributed by atoms with Crippen molar-refractivity contribution < 1.29 is 4.79 Å². The minimum atomic E-state index is -0.179.